The molecular formula is C18H23N3O. The number of nitrogen functional groups attached to an aromatic ring is 1. The van der Waals surface area contributed by atoms with Crippen molar-refractivity contribution in [2.75, 3.05) is 5.73 Å². The van der Waals surface area contributed by atoms with Crippen LogP contribution >= 0.6 is 0 Å². The van der Waals surface area contributed by atoms with E-state index < -0.39 is 0 Å². The van der Waals surface area contributed by atoms with Crippen molar-refractivity contribution in [3.63, 3.8) is 0 Å². The summed E-state index contributed by atoms with van der Waals surface area (Å²) in [7, 11) is 0. The van der Waals surface area contributed by atoms with Gasteiger partial charge in [0.2, 0.25) is 0 Å². The number of hydrogen-bond donors (Lipinski definition) is 2. The van der Waals surface area contributed by atoms with Crippen molar-refractivity contribution in [3.05, 3.63) is 29.3 Å². The van der Waals surface area contributed by atoms with E-state index in [1.165, 1.54) is 37.8 Å². The van der Waals surface area contributed by atoms with Gasteiger partial charge in [0, 0.05) is 17.0 Å². The van der Waals surface area contributed by atoms with E-state index in [1.54, 1.807) is 6.07 Å². The van der Waals surface area contributed by atoms with Gasteiger partial charge in [-0.05, 0) is 80.4 Å². The SMILES string of the molecule is Cc1c(N)cccc1C(=O)NN=C1C2CC3CC(C2)CC1C3. The maximum Gasteiger partial charge on any atom is 0.271 e. The summed E-state index contributed by atoms with van der Waals surface area (Å²) in [6.45, 7) is 1.88. The molecule has 3 N–H and O–H groups in total. The van der Waals surface area contributed by atoms with Gasteiger partial charge in [0.15, 0.2) is 0 Å². The van der Waals surface area contributed by atoms with Crippen LogP contribution in [0.15, 0.2) is 23.3 Å². The van der Waals surface area contributed by atoms with Gasteiger partial charge in [-0.3, -0.25) is 4.79 Å². The summed E-state index contributed by atoms with van der Waals surface area (Å²) < 4.78 is 0. The quantitative estimate of drug-likeness (QED) is 0.650. The van der Waals surface area contributed by atoms with Crippen molar-refractivity contribution in [2.45, 2.75) is 39.0 Å². The second kappa shape index (κ2) is 5.11. The Kier molecular flexibility index (Phi) is 3.21. The van der Waals surface area contributed by atoms with Crippen LogP contribution in [0.25, 0.3) is 0 Å². The second-order valence-corrected chi connectivity index (χ2v) is 7.30. The summed E-state index contributed by atoms with van der Waals surface area (Å²) >= 11 is 0. The zero-order valence-electron chi connectivity index (χ0n) is 13.0. The predicted molar refractivity (Wildman–Crippen MR) is 87.5 cm³/mol. The van der Waals surface area contributed by atoms with Crippen LogP contribution in [0.5, 0.6) is 0 Å². The standard InChI is InChI=1S/C18H23N3O/c1-10-15(3-2-4-16(10)19)18(22)21-20-17-13-6-11-5-12(8-13)9-14(17)7-11/h2-4,11-14H,5-9,19H2,1H3,(H,21,22). The zero-order chi connectivity index (χ0) is 15.3. The van der Waals surface area contributed by atoms with Gasteiger partial charge in [-0.25, -0.2) is 5.43 Å². The van der Waals surface area contributed by atoms with Crippen molar-refractivity contribution in [1.82, 2.24) is 5.43 Å². The van der Waals surface area contributed by atoms with Gasteiger partial charge in [-0.1, -0.05) is 6.07 Å². The van der Waals surface area contributed by atoms with Gasteiger partial charge in [0.25, 0.3) is 5.91 Å². The van der Waals surface area contributed by atoms with Gasteiger partial charge in [-0.15, -0.1) is 0 Å². The molecule has 1 aromatic rings. The molecule has 5 rings (SSSR count). The lowest BCUT2D eigenvalue weighted by atomic mass is 9.55. The fourth-order valence-electron chi connectivity index (χ4n) is 4.92. The van der Waals surface area contributed by atoms with Crippen LogP contribution in [0.3, 0.4) is 0 Å². The third kappa shape index (κ3) is 2.21. The summed E-state index contributed by atoms with van der Waals surface area (Å²) in [5.74, 6) is 2.89. The molecule has 0 aliphatic heterocycles. The Morgan fingerprint density at radius 1 is 1.14 bits per heavy atom. The number of carbonyl (C=O) groups is 1. The predicted octanol–water partition coefficient (Wildman–Crippen LogP) is 3.12. The lowest BCUT2D eigenvalue weighted by Gasteiger charge is -2.50. The molecular weight excluding hydrogens is 274 g/mol. The van der Waals surface area contributed by atoms with Crippen molar-refractivity contribution in [3.8, 4) is 0 Å². The molecule has 4 fully saturated rings. The van der Waals surface area contributed by atoms with E-state index in [0.717, 1.165) is 17.4 Å². The van der Waals surface area contributed by atoms with Crippen molar-refractivity contribution >= 4 is 17.3 Å². The fourth-order valence-corrected chi connectivity index (χ4v) is 4.92. The molecule has 4 heteroatoms. The Balaban J connectivity index is 1.52. The van der Waals surface area contributed by atoms with E-state index in [9.17, 15) is 4.79 Å². The third-order valence-electron chi connectivity index (χ3n) is 5.88. The molecule has 0 unspecified atom stereocenters. The summed E-state index contributed by atoms with van der Waals surface area (Å²) in [5, 5.41) is 4.55. The summed E-state index contributed by atoms with van der Waals surface area (Å²) in [6.07, 6.45) is 6.53. The van der Waals surface area contributed by atoms with Gasteiger partial charge in [0.1, 0.15) is 0 Å². The van der Waals surface area contributed by atoms with Crippen molar-refractivity contribution in [2.24, 2.45) is 28.8 Å². The number of carbonyl (C=O) groups excluding carboxylic acids is 1. The van der Waals surface area contributed by atoms with Crippen LogP contribution in [-0.2, 0) is 0 Å². The first-order chi connectivity index (χ1) is 10.6. The Morgan fingerprint density at radius 2 is 1.77 bits per heavy atom. The molecule has 4 nitrogen and oxygen atoms in total. The largest absolute Gasteiger partial charge is 0.398 e. The molecule has 1 aromatic carbocycles. The van der Waals surface area contributed by atoms with Crippen LogP contribution in [0.4, 0.5) is 5.69 Å². The molecule has 0 heterocycles. The van der Waals surface area contributed by atoms with Gasteiger partial charge in [-0.2, -0.15) is 5.10 Å². The number of hydrazone groups is 1. The molecule has 0 atom stereocenters. The summed E-state index contributed by atoms with van der Waals surface area (Å²) in [6, 6.07) is 5.43. The maximum absolute atomic E-state index is 12.4. The molecule has 0 spiro atoms. The van der Waals surface area contributed by atoms with Crippen LogP contribution in [0, 0.1) is 30.6 Å². The lowest BCUT2D eigenvalue weighted by molar-refractivity contribution is 0.0942. The number of nitrogens with zero attached hydrogens (tertiary/aromatic N) is 1. The van der Waals surface area contributed by atoms with E-state index >= 15 is 0 Å². The monoisotopic (exact) mass is 297 g/mol. The first kappa shape index (κ1) is 13.8. The van der Waals surface area contributed by atoms with Crippen LogP contribution in [-0.4, -0.2) is 11.6 Å². The highest BCUT2D eigenvalue weighted by atomic mass is 16.2. The first-order valence-corrected chi connectivity index (χ1v) is 8.34. The number of amides is 1. The van der Waals surface area contributed by atoms with E-state index in [-0.39, 0.29) is 5.91 Å². The smallest absolute Gasteiger partial charge is 0.271 e. The van der Waals surface area contributed by atoms with Crippen LogP contribution in [0.1, 0.15) is 48.0 Å². The first-order valence-electron chi connectivity index (χ1n) is 8.34. The Bertz CT molecular complexity index is 620. The number of benzene rings is 1. The Hall–Kier alpha value is -1.84. The molecule has 1 amide bonds. The molecule has 0 saturated heterocycles. The van der Waals surface area contributed by atoms with Crippen molar-refractivity contribution in [1.29, 1.82) is 0 Å². The van der Waals surface area contributed by atoms with E-state index in [0.29, 0.717) is 23.1 Å². The fraction of sp³-hybridized carbons (Fsp3) is 0.556. The molecule has 4 aliphatic rings. The van der Waals surface area contributed by atoms with Gasteiger partial charge in [0.05, 0.1) is 0 Å². The highest BCUT2D eigenvalue weighted by Crippen LogP contribution is 2.52. The number of anilines is 1. The van der Waals surface area contributed by atoms with E-state index in [2.05, 4.69) is 10.5 Å². The number of hydrogen-bond acceptors (Lipinski definition) is 3. The molecule has 22 heavy (non-hydrogen) atoms. The third-order valence-corrected chi connectivity index (χ3v) is 5.88. The van der Waals surface area contributed by atoms with Crippen molar-refractivity contribution < 1.29 is 4.79 Å². The Morgan fingerprint density at radius 3 is 2.41 bits per heavy atom. The molecule has 0 radical (unpaired) electrons. The normalized spacial score (nSPS) is 32.1. The summed E-state index contributed by atoms with van der Waals surface area (Å²) in [5.41, 5.74) is 12.0. The van der Waals surface area contributed by atoms with E-state index in [1.807, 2.05) is 19.1 Å². The minimum atomic E-state index is -0.147. The van der Waals surface area contributed by atoms with E-state index in [4.69, 9.17) is 5.73 Å². The molecule has 4 aliphatic carbocycles. The summed E-state index contributed by atoms with van der Waals surface area (Å²) in [4.78, 5) is 12.4. The average Bonchev–Trinajstić information content (AvgIpc) is 2.48. The number of nitrogens with two attached hydrogens (primary N) is 1. The van der Waals surface area contributed by atoms with Gasteiger partial charge >= 0.3 is 0 Å². The topological polar surface area (TPSA) is 67.5 Å². The average molecular weight is 297 g/mol. The highest BCUT2D eigenvalue weighted by Gasteiger charge is 2.46. The van der Waals surface area contributed by atoms with Crippen LogP contribution in [0.2, 0.25) is 0 Å². The molecule has 0 aromatic heterocycles. The molecule has 4 bridgehead atoms. The molecule has 116 valence electrons. The maximum atomic E-state index is 12.4. The highest BCUT2D eigenvalue weighted by molar-refractivity contribution is 5.98. The second-order valence-electron chi connectivity index (χ2n) is 7.30. The molecule has 4 saturated carbocycles. The Labute approximate surface area is 131 Å². The zero-order valence-corrected chi connectivity index (χ0v) is 13.0. The lowest BCUT2D eigenvalue weighted by Crippen LogP contribution is -2.46. The minimum Gasteiger partial charge on any atom is -0.398 e. The number of rotatable bonds is 2. The number of nitrogens with one attached hydrogen (secondary N) is 1. The minimum absolute atomic E-state index is 0.147. The van der Waals surface area contributed by atoms with Crippen LogP contribution < -0.4 is 11.2 Å². The van der Waals surface area contributed by atoms with Gasteiger partial charge < -0.3 is 5.73 Å².